The molecule has 4 nitrogen and oxygen atoms in total. The van der Waals surface area contributed by atoms with Gasteiger partial charge in [0.2, 0.25) is 0 Å². The standard InChI is InChI=1S/C9H8BNO3/c12-10(13)9-6-8(14-11-9)7-4-2-1-3-5-7/h1-6,12-13H. The summed E-state index contributed by atoms with van der Waals surface area (Å²) < 4.78 is 4.94. The second-order valence-electron chi connectivity index (χ2n) is 2.86. The Morgan fingerprint density at radius 3 is 2.43 bits per heavy atom. The molecule has 0 saturated carbocycles. The molecule has 2 rings (SSSR count). The van der Waals surface area contributed by atoms with Gasteiger partial charge in [-0.25, -0.2) is 0 Å². The van der Waals surface area contributed by atoms with Crippen molar-refractivity contribution >= 4 is 12.7 Å². The van der Waals surface area contributed by atoms with Gasteiger partial charge in [0, 0.05) is 11.6 Å². The summed E-state index contributed by atoms with van der Waals surface area (Å²) in [4.78, 5) is 0. The number of hydrogen-bond donors (Lipinski definition) is 2. The molecule has 0 unspecified atom stereocenters. The van der Waals surface area contributed by atoms with Gasteiger partial charge in [0.1, 0.15) is 5.59 Å². The van der Waals surface area contributed by atoms with Gasteiger partial charge >= 0.3 is 7.12 Å². The smallest absolute Gasteiger partial charge is 0.422 e. The number of benzene rings is 1. The summed E-state index contributed by atoms with van der Waals surface area (Å²) in [5.74, 6) is 0.522. The van der Waals surface area contributed by atoms with Crippen molar-refractivity contribution in [3.63, 3.8) is 0 Å². The molecule has 0 bridgehead atoms. The van der Waals surface area contributed by atoms with Crippen molar-refractivity contribution in [2.24, 2.45) is 0 Å². The molecule has 0 atom stereocenters. The van der Waals surface area contributed by atoms with Crippen molar-refractivity contribution in [3.05, 3.63) is 36.4 Å². The lowest BCUT2D eigenvalue weighted by atomic mass is 9.86. The molecule has 0 spiro atoms. The Bertz CT molecular complexity index is 413. The molecule has 14 heavy (non-hydrogen) atoms. The molecule has 5 heteroatoms. The van der Waals surface area contributed by atoms with Crippen LogP contribution in [0.4, 0.5) is 0 Å². The molecule has 0 fully saturated rings. The van der Waals surface area contributed by atoms with Crippen molar-refractivity contribution < 1.29 is 14.6 Å². The van der Waals surface area contributed by atoms with Crippen molar-refractivity contribution in [3.8, 4) is 11.3 Å². The predicted molar refractivity (Wildman–Crippen MR) is 51.8 cm³/mol. The Morgan fingerprint density at radius 1 is 1.14 bits per heavy atom. The van der Waals surface area contributed by atoms with Crippen LogP contribution in [0, 0.1) is 0 Å². The van der Waals surface area contributed by atoms with Crippen LogP contribution in [0.25, 0.3) is 11.3 Å². The monoisotopic (exact) mass is 189 g/mol. The lowest BCUT2D eigenvalue weighted by Crippen LogP contribution is -2.30. The van der Waals surface area contributed by atoms with Crippen LogP contribution in [0.3, 0.4) is 0 Å². The molecular weight excluding hydrogens is 181 g/mol. The van der Waals surface area contributed by atoms with Crippen molar-refractivity contribution in [2.75, 3.05) is 0 Å². The van der Waals surface area contributed by atoms with E-state index in [-0.39, 0.29) is 5.59 Å². The van der Waals surface area contributed by atoms with Gasteiger partial charge in [0.15, 0.2) is 5.76 Å². The zero-order valence-electron chi connectivity index (χ0n) is 7.29. The third-order valence-electron chi connectivity index (χ3n) is 1.85. The van der Waals surface area contributed by atoms with E-state index >= 15 is 0 Å². The fraction of sp³-hybridized carbons (Fsp3) is 0. The fourth-order valence-corrected chi connectivity index (χ4v) is 1.15. The molecule has 70 valence electrons. The van der Waals surface area contributed by atoms with E-state index in [0.717, 1.165) is 5.56 Å². The SMILES string of the molecule is OB(O)c1cc(-c2ccccc2)on1. The van der Waals surface area contributed by atoms with Gasteiger partial charge in [-0.15, -0.1) is 0 Å². The van der Waals surface area contributed by atoms with Crippen LogP contribution in [0.1, 0.15) is 0 Å². The number of nitrogens with zero attached hydrogens (tertiary/aromatic N) is 1. The second-order valence-corrected chi connectivity index (χ2v) is 2.86. The quantitative estimate of drug-likeness (QED) is 0.653. The molecule has 0 radical (unpaired) electrons. The molecule has 2 N–H and O–H groups in total. The van der Waals surface area contributed by atoms with Gasteiger partial charge in [0.05, 0.1) is 0 Å². The van der Waals surface area contributed by atoms with Crippen molar-refractivity contribution in [2.45, 2.75) is 0 Å². The Labute approximate surface area is 80.9 Å². The molecule has 0 aliphatic heterocycles. The maximum atomic E-state index is 8.82. The van der Waals surface area contributed by atoms with E-state index in [1.54, 1.807) is 0 Å². The third kappa shape index (κ3) is 1.68. The summed E-state index contributed by atoms with van der Waals surface area (Å²) in [6.07, 6.45) is 0. The zero-order chi connectivity index (χ0) is 9.97. The largest absolute Gasteiger partial charge is 0.511 e. The summed E-state index contributed by atoms with van der Waals surface area (Å²) in [6.45, 7) is 0. The first-order chi connectivity index (χ1) is 6.77. The van der Waals surface area contributed by atoms with E-state index in [4.69, 9.17) is 14.6 Å². The first-order valence-corrected chi connectivity index (χ1v) is 4.15. The van der Waals surface area contributed by atoms with Crippen LogP contribution in [0.2, 0.25) is 0 Å². The minimum Gasteiger partial charge on any atom is -0.422 e. The molecule has 1 heterocycles. The number of aromatic nitrogens is 1. The maximum Gasteiger partial charge on any atom is 0.511 e. The van der Waals surface area contributed by atoms with Gasteiger partial charge in [-0.3, -0.25) is 0 Å². The van der Waals surface area contributed by atoms with Gasteiger partial charge in [-0.1, -0.05) is 35.5 Å². The molecule has 1 aromatic carbocycles. The molecule has 0 amide bonds. The van der Waals surface area contributed by atoms with E-state index in [9.17, 15) is 0 Å². The summed E-state index contributed by atoms with van der Waals surface area (Å²) in [5.41, 5.74) is 0.968. The van der Waals surface area contributed by atoms with Crippen LogP contribution < -0.4 is 5.59 Å². The van der Waals surface area contributed by atoms with Crippen LogP contribution >= 0.6 is 0 Å². The van der Waals surface area contributed by atoms with Crippen molar-refractivity contribution in [1.82, 2.24) is 5.16 Å². The third-order valence-corrected chi connectivity index (χ3v) is 1.85. The average Bonchev–Trinajstić information content (AvgIpc) is 2.68. The number of hydrogen-bond acceptors (Lipinski definition) is 4. The highest BCUT2D eigenvalue weighted by Gasteiger charge is 2.17. The van der Waals surface area contributed by atoms with E-state index in [0.29, 0.717) is 5.76 Å². The van der Waals surface area contributed by atoms with Crippen LogP contribution in [-0.2, 0) is 0 Å². The molecule has 1 aromatic heterocycles. The highest BCUT2D eigenvalue weighted by Crippen LogP contribution is 2.16. The lowest BCUT2D eigenvalue weighted by Gasteiger charge is -1.91. The average molecular weight is 189 g/mol. The van der Waals surface area contributed by atoms with Gasteiger partial charge in [0.25, 0.3) is 0 Å². The molecule has 0 aliphatic rings. The highest BCUT2D eigenvalue weighted by molar-refractivity contribution is 6.57. The lowest BCUT2D eigenvalue weighted by molar-refractivity contribution is 0.407. The topological polar surface area (TPSA) is 66.5 Å². The fourth-order valence-electron chi connectivity index (χ4n) is 1.15. The second kappa shape index (κ2) is 3.65. The maximum absolute atomic E-state index is 8.82. The Kier molecular flexibility index (Phi) is 2.34. The Hall–Kier alpha value is -1.59. The van der Waals surface area contributed by atoms with Crippen LogP contribution in [0.5, 0.6) is 0 Å². The molecule has 2 aromatic rings. The van der Waals surface area contributed by atoms with E-state index in [1.165, 1.54) is 6.07 Å². The van der Waals surface area contributed by atoms with Gasteiger partial charge in [-0.05, 0) is 0 Å². The van der Waals surface area contributed by atoms with E-state index in [2.05, 4.69) is 5.16 Å². The van der Waals surface area contributed by atoms with Crippen molar-refractivity contribution in [1.29, 1.82) is 0 Å². The van der Waals surface area contributed by atoms with Gasteiger partial charge in [-0.2, -0.15) is 0 Å². The van der Waals surface area contributed by atoms with Crippen LogP contribution in [-0.4, -0.2) is 22.3 Å². The molecular formula is C9H8BNO3. The molecule has 0 saturated heterocycles. The summed E-state index contributed by atoms with van der Waals surface area (Å²) in [6, 6.07) is 10.8. The minimum atomic E-state index is -1.59. The highest BCUT2D eigenvalue weighted by atomic mass is 16.5. The van der Waals surface area contributed by atoms with E-state index < -0.39 is 7.12 Å². The molecule has 0 aliphatic carbocycles. The summed E-state index contributed by atoms with van der Waals surface area (Å²) in [7, 11) is -1.59. The predicted octanol–water partition coefficient (Wildman–Crippen LogP) is 0.0214. The first-order valence-electron chi connectivity index (χ1n) is 4.15. The van der Waals surface area contributed by atoms with E-state index in [1.807, 2.05) is 30.3 Å². The summed E-state index contributed by atoms with van der Waals surface area (Å²) in [5, 5.41) is 21.2. The number of rotatable bonds is 2. The minimum absolute atomic E-state index is 0.115. The van der Waals surface area contributed by atoms with Gasteiger partial charge < -0.3 is 14.6 Å². The Balaban J connectivity index is 2.34. The Morgan fingerprint density at radius 2 is 1.86 bits per heavy atom. The summed E-state index contributed by atoms with van der Waals surface area (Å²) >= 11 is 0. The van der Waals surface area contributed by atoms with Crippen LogP contribution in [0.15, 0.2) is 40.9 Å². The first kappa shape index (κ1) is 8.99. The zero-order valence-corrected chi connectivity index (χ0v) is 7.29. The normalized spacial score (nSPS) is 10.1.